The van der Waals surface area contributed by atoms with E-state index in [-0.39, 0.29) is 18.6 Å². The smallest absolute Gasteiger partial charge is 0.326 e. The molecule has 4 unspecified atom stereocenters. The fourth-order valence-corrected chi connectivity index (χ4v) is 4.39. The molecule has 1 aromatic carbocycles. The number of H-pyrrole nitrogens is 1. The number of rotatable bonds is 18. The molecule has 3 amide bonds. The number of fused-ring (bicyclic) bond motifs is 1. The van der Waals surface area contributed by atoms with Crippen molar-refractivity contribution < 1.29 is 24.3 Å². The van der Waals surface area contributed by atoms with Gasteiger partial charge in [-0.1, -0.05) is 24.6 Å². The van der Waals surface area contributed by atoms with Gasteiger partial charge in [-0.25, -0.2) is 4.79 Å². The summed E-state index contributed by atoms with van der Waals surface area (Å²) in [5.74, 6) is -3.02. The number of nitrogens with one attached hydrogen (secondary N) is 4. The largest absolute Gasteiger partial charge is 0.480 e. The molecule has 0 aliphatic rings. The van der Waals surface area contributed by atoms with Gasteiger partial charge in [0.2, 0.25) is 17.7 Å². The van der Waals surface area contributed by atoms with Crippen molar-refractivity contribution in [2.45, 2.75) is 69.1 Å². The Morgan fingerprint density at radius 3 is 2.08 bits per heavy atom. The van der Waals surface area contributed by atoms with E-state index >= 15 is 0 Å². The molecular weight excluding hydrogens is 522 g/mol. The molecule has 13 heteroatoms. The van der Waals surface area contributed by atoms with Gasteiger partial charge in [0, 0.05) is 29.3 Å². The molecule has 11 N–H and O–H groups in total. The van der Waals surface area contributed by atoms with Crippen LogP contribution in [0.1, 0.15) is 44.1 Å². The number of hydrogen-bond acceptors (Lipinski definition) is 8. The van der Waals surface area contributed by atoms with Gasteiger partial charge in [-0.05, 0) is 56.8 Å². The Kier molecular flexibility index (Phi) is 13.8. The van der Waals surface area contributed by atoms with Crippen molar-refractivity contribution in [3.8, 4) is 0 Å². The van der Waals surface area contributed by atoms with E-state index in [1.165, 1.54) is 0 Å². The van der Waals surface area contributed by atoms with E-state index in [1.807, 2.05) is 24.3 Å². The summed E-state index contributed by atoms with van der Waals surface area (Å²) in [6, 6.07) is 3.36. The maximum Gasteiger partial charge on any atom is 0.326 e. The number of thiol groups is 1. The molecule has 0 fully saturated rings. The Balaban J connectivity index is 2.19. The summed E-state index contributed by atoms with van der Waals surface area (Å²) < 4.78 is 0. The summed E-state index contributed by atoms with van der Waals surface area (Å²) in [6.07, 6.45) is 4.98. The summed E-state index contributed by atoms with van der Waals surface area (Å²) in [5.41, 5.74) is 18.5. The van der Waals surface area contributed by atoms with Crippen molar-refractivity contribution >= 4 is 47.2 Å². The van der Waals surface area contributed by atoms with E-state index in [0.29, 0.717) is 38.8 Å². The number of carboxylic acids is 1. The van der Waals surface area contributed by atoms with E-state index in [2.05, 4.69) is 33.6 Å². The number of aromatic amines is 1. The highest BCUT2D eigenvalue weighted by atomic mass is 32.1. The van der Waals surface area contributed by atoms with Gasteiger partial charge >= 0.3 is 5.97 Å². The number of benzene rings is 1. The molecule has 1 aromatic heterocycles. The van der Waals surface area contributed by atoms with Gasteiger partial charge in [-0.2, -0.15) is 12.6 Å². The highest BCUT2D eigenvalue weighted by molar-refractivity contribution is 7.80. The van der Waals surface area contributed by atoms with Crippen LogP contribution in [0.15, 0.2) is 30.5 Å². The molecule has 1 heterocycles. The average molecular weight is 564 g/mol. The maximum absolute atomic E-state index is 13.3. The van der Waals surface area contributed by atoms with Crippen LogP contribution >= 0.6 is 12.6 Å². The summed E-state index contributed by atoms with van der Waals surface area (Å²) in [4.78, 5) is 54.0. The lowest BCUT2D eigenvalue weighted by Gasteiger charge is -2.24. The monoisotopic (exact) mass is 563 g/mol. The molecule has 12 nitrogen and oxygen atoms in total. The predicted octanol–water partition coefficient (Wildman–Crippen LogP) is -0.235. The van der Waals surface area contributed by atoms with Crippen LogP contribution in [0.4, 0.5) is 0 Å². The maximum atomic E-state index is 13.3. The van der Waals surface area contributed by atoms with Crippen LogP contribution < -0.4 is 33.2 Å². The molecule has 4 atom stereocenters. The second kappa shape index (κ2) is 16.7. The van der Waals surface area contributed by atoms with Crippen molar-refractivity contribution in [1.82, 2.24) is 20.9 Å². The first-order valence-electron chi connectivity index (χ1n) is 13.2. The van der Waals surface area contributed by atoms with Crippen molar-refractivity contribution in [1.29, 1.82) is 0 Å². The molecular formula is C26H41N7O5S. The molecule has 0 saturated carbocycles. The Morgan fingerprint density at radius 1 is 0.846 bits per heavy atom. The highest BCUT2D eigenvalue weighted by Gasteiger charge is 2.30. The minimum Gasteiger partial charge on any atom is -0.480 e. The summed E-state index contributed by atoms with van der Waals surface area (Å²) >= 11 is 4.20. The zero-order valence-electron chi connectivity index (χ0n) is 22.0. The van der Waals surface area contributed by atoms with E-state index in [0.717, 1.165) is 22.9 Å². The predicted molar refractivity (Wildman–Crippen MR) is 153 cm³/mol. The first-order valence-corrected chi connectivity index (χ1v) is 13.8. The fourth-order valence-electron chi connectivity index (χ4n) is 4.14. The molecule has 0 spiro atoms. The normalized spacial score (nSPS) is 14.3. The van der Waals surface area contributed by atoms with Crippen LogP contribution in [0.5, 0.6) is 0 Å². The Bertz CT molecular complexity index is 1100. The molecule has 0 radical (unpaired) electrons. The van der Waals surface area contributed by atoms with Gasteiger partial charge in [-0.3, -0.25) is 14.4 Å². The van der Waals surface area contributed by atoms with E-state index < -0.39 is 47.9 Å². The number of para-hydroxylation sites is 1. The Hall–Kier alpha value is -3.13. The van der Waals surface area contributed by atoms with Crippen LogP contribution in [-0.4, -0.2) is 76.8 Å². The first-order chi connectivity index (χ1) is 18.7. The molecule has 0 bridgehead atoms. The topological polar surface area (TPSA) is 218 Å². The van der Waals surface area contributed by atoms with Crippen molar-refractivity contribution in [3.05, 3.63) is 36.0 Å². The third kappa shape index (κ3) is 10.2. The second-order valence-electron chi connectivity index (χ2n) is 9.44. The van der Waals surface area contributed by atoms with Gasteiger partial charge in [0.05, 0.1) is 6.04 Å². The number of hydrogen-bond donors (Lipinski definition) is 9. The number of aromatic nitrogens is 1. The number of aliphatic carboxylic acids is 1. The van der Waals surface area contributed by atoms with Crippen molar-refractivity contribution in [3.63, 3.8) is 0 Å². The zero-order chi connectivity index (χ0) is 28.8. The fraction of sp³-hybridized carbons (Fsp3) is 0.538. The van der Waals surface area contributed by atoms with Crippen molar-refractivity contribution in [2.24, 2.45) is 17.2 Å². The minimum atomic E-state index is -1.18. The molecule has 39 heavy (non-hydrogen) atoms. The Labute approximate surface area is 233 Å². The van der Waals surface area contributed by atoms with Gasteiger partial charge in [0.1, 0.15) is 18.1 Å². The van der Waals surface area contributed by atoms with E-state index in [9.17, 15) is 24.3 Å². The SMILES string of the molecule is NCCCCC(N)C(=O)NC(CS)C(=O)NC(Cc1c[nH]c2ccccc12)C(=O)NC(CCCCN)C(=O)O. The number of carbonyl (C=O) groups is 4. The zero-order valence-corrected chi connectivity index (χ0v) is 22.9. The Morgan fingerprint density at radius 2 is 1.44 bits per heavy atom. The van der Waals surface area contributed by atoms with Gasteiger partial charge in [0.25, 0.3) is 0 Å². The first kappa shape index (κ1) is 32.1. The summed E-state index contributed by atoms with van der Waals surface area (Å²) in [6.45, 7) is 0.901. The summed E-state index contributed by atoms with van der Waals surface area (Å²) in [7, 11) is 0. The lowest BCUT2D eigenvalue weighted by molar-refractivity contribution is -0.142. The van der Waals surface area contributed by atoms with E-state index in [4.69, 9.17) is 17.2 Å². The quantitative estimate of drug-likeness (QED) is 0.0868. The van der Waals surface area contributed by atoms with Crippen LogP contribution in [0.25, 0.3) is 10.9 Å². The third-order valence-electron chi connectivity index (χ3n) is 6.42. The molecule has 2 aromatic rings. The number of unbranched alkanes of at least 4 members (excludes halogenated alkanes) is 2. The van der Waals surface area contributed by atoms with Crippen LogP contribution in [0.2, 0.25) is 0 Å². The third-order valence-corrected chi connectivity index (χ3v) is 6.78. The van der Waals surface area contributed by atoms with Gasteiger partial charge < -0.3 is 43.2 Å². The van der Waals surface area contributed by atoms with Gasteiger partial charge in [-0.15, -0.1) is 0 Å². The number of nitrogens with two attached hydrogens (primary N) is 3. The average Bonchev–Trinajstić information content (AvgIpc) is 3.33. The molecule has 0 aliphatic carbocycles. The standard InChI is InChI=1S/C26H41N7O5S/c27-11-5-3-8-18(29)23(34)33-22(15-39)25(36)32-21(13-16-14-30-19-9-2-1-7-17(16)19)24(35)31-20(26(37)38)10-4-6-12-28/h1-2,7,9,14,18,20-22,30,39H,3-6,8,10-13,15,27-29H2,(H,31,35)(H,32,36)(H,33,34)(H,37,38). The second-order valence-corrected chi connectivity index (χ2v) is 9.81. The number of carbonyl (C=O) groups excluding carboxylic acids is 3. The lowest BCUT2D eigenvalue weighted by Crippen LogP contribution is -2.58. The molecule has 216 valence electrons. The lowest BCUT2D eigenvalue weighted by atomic mass is 10.0. The van der Waals surface area contributed by atoms with Crippen LogP contribution in [-0.2, 0) is 25.6 Å². The number of amides is 3. The molecule has 2 rings (SSSR count). The van der Waals surface area contributed by atoms with Gasteiger partial charge in [0.15, 0.2) is 0 Å². The molecule has 0 saturated heterocycles. The van der Waals surface area contributed by atoms with E-state index in [1.54, 1.807) is 6.20 Å². The molecule has 0 aliphatic heterocycles. The van der Waals surface area contributed by atoms with Crippen molar-refractivity contribution in [2.75, 3.05) is 18.8 Å². The number of carboxylic acid groups (broad SMARTS) is 1. The highest BCUT2D eigenvalue weighted by Crippen LogP contribution is 2.19. The minimum absolute atomic E-state index is 0.0364. The van der Waals surface area contributed by atoms with Crippen LogP contribution in [0, 0.1) is 0 Å². The summed E-state index contributed by atoms with van der Waals surface area (Å²) in [5, 5.41) is 18.3. The van der Waals surface area contributed by atoms with Crippen LogP contribution in [0.3, 0.4) is 0 Å².